The molecule has 2 aromatic carbocycles. The van der Waals surface area contributed by atoms with E-state index in [1.165, 1.54) is 11.8 Å². The Balaban J connectivity index is 1.93. The first-order valence-corrected chi connectivity index (χ1v) is 9.08. The van der Waals surface area contributed by atoms with Crippen molar-refractivity contribution in [3.05, 3.63) is 54.6 Å². The third kappa shape index (κ3) is 4.28. The normalized spacial score (nSPS) is 11.9. The van der Waals surface area contributed by atoms with Gasteiger partial charge in [-0.2, -0.15) is 0 Å². The summed E-state index contributed by atoms with van der Waals surface area (Å²) < 4.78 is 0. The zero-order valence-corrected chi connectivity index (χ0v) is 15.0. The molecule has 0 saturated carbocycles. The lowest BCUT2D eigenvalue weighted by Gasteiger charge is -2.13. The van der Waals surface area contributed by atoms with Crippen LogP contribution in [0, 0.1) is 0 Å². The molecule has 2 N–H and O–H groups in total. The van der Waals surface area contributed by atoms with Crippen LogP contribution in [0.15, 0.2) is 59.8 Å². The molecule has 5 nitrogen and oxygen atoms in total. The number of nitrogens with one attached hydrogen (secondary N) is 2. The SMILES string of the molecule is CCNC(=O)[C@H](C)Sc1nc(Nc2ccccc2)c2ccccc2n1. The molecule has 3 rings (SSSR count). The molecule has 128 valence electrons. The largest absolute Gasteiger partial charge is 0.355 e. The second-order valence-corrected chi connectivity index (χ2v) is 6.83. The van der Waals surface area contributed by atoms with E-state index < -0.39 is 0 Å². The van der Waals surface area contributed by atoms with Crippen LogP contribution in [0.25, 0.3) is 10.9 Å². The van der Waals surface area contributed by atoms with E-state index >= 15 is 0 Å². The fourth-order valence-corrected chi connectivity index (χ4v) is 3.19. The molecular formula is C19H20N4OS. The van der Waals surface area contributed by atoms with Crippen LogP contribution >= 0.6 is 11.8 Å². The predicted molar refractivity (Wildman–Crippen MR) is 103 cm³/mol. The van der Waals surface area contributed by atoms with Crippen LogP contribution in [-0.4, -0.2) is 27.7 Å². The Morgan fingerprint density at radius 1 is 1.08 bits per heavy atom. The molecule has 0 aliphatic rings. The maximum Gasteiger partial charge on any atom is 0.233 e. The minimum Gasteiger partial charge on any atom is -0.355 e. The van der Waals surface area contributed by atoms with Gasteiger partial charge >= 0.3 is 0 Å². The van der Waals surface area contributed by atoms with Crippen molar-refractivity contribution in [3.63, 3.8) is 0 Å². The molecule has 6 heteroatoms. The number of benzene rings is 2. The topological polar surface area (TPSA) is 66.9 Å². The number of hydrogen-bond acceptors (Lipinski definition) is 5. The highest BCUT2D eigenvalue weighted by Crippen LogP contribution is 2.28. The number of aromatic nitrogens is 2. The van der Waals surface area contributed by atoms with Crippen molar-refractivity contribution in [2.45, 2.75) is 24.3 Å². The Morgan fingerprint density at radius 2 is 1.80 bits per heavy atom. The van der Waals surface area contributed by atoms with Gasteiger partial charge < -0.3 is 10.6 Å². The van der Waals surface area contributed by atoms with Crippen LogP contribution in [0.1, 0.15) is 13.8 Å². The summed E-state index contributed by atoms with van der Waals surface area (Å²) in [6.45, 7) is 4.38. The molecule has 3 aromatic rings. The summed E-state index contributed by atoms with van der Waals surface area (Å²) in [6, 6.07) is 17.7. The van der Waals surface area contributed by atoms with Crippen molar-refractivity contribution in [2.24, 2.45) is 0 Å². The van der Waals surface area contributed by atoms with E-state index in [1.807, 2.05) is 68.4 Å². The van der Waals surface area contributed by atoms with Crippen LogP contribution in [0.4, 0.5) is 11.5 Å². The molecule has 0 spiro atoms. The van der Waals surface area contributed by atoms with Crippen molar-refractivity contribution in [1.29, 1.82) is 0 Å². The number of fused-ring (bicyclic) bond motifs is 1. The standard InChI is InChI=1S/C19H20N4OS/c1-3-20-18(24)13(2)25-19-22-16-12-8-7-11-15(16)17(23-19)21-14-9-5-4-6-10-14/h4-13H,3H2,1-2H3,(H,20,24)(H,21,22,23)/t13-/m0/s1. The van der Waals surface area contributed by atoms with E-state index in [0.717, 1.165) is 22.4 Å². The molecule has 0 aliphatic heterocycles. The average Bonchev–Trinajstić information content (AvgIpc) is 2.63. The minimum atomic E-state index is -0.259. The lowest BCUT2D eigenvalue weighted by molar-refractivity contribution is -0.120. The molecule has 1 heterocycles. The zero-order chi connectivity index (χ0) is 17.6. The average molecular weight is 352 g/mol. The zero-order valence-electron chi connectivity index (χ0n) is 14.2. The molecule has 0 aliphatic carbocycles. The quantitative estimate of drug-likeness (QED) is 0.519. The Morgan fingerprint density at radius 3 is 2.56 bits per heavy atom. The maximum atomic E-state index is 12.0. The third-order valence-corrected chi connectivity index (χ3v) is 4.58. The van der Waals surface area contributed by atoms with E-state index in [0.29, 0.717) is 11.7 Å². The number of para-hydroxylation sites is 2. The number of thioether (sulfide) groups is 1. The van der Waals surface area contributed by atoms with Crippen molar-refractivity contribution in [2.75, 3.05) is 11.9 Å². The Hall–Kier alpha value is -2.60. The molecule has 25 heavy (non-hydrogen) atoms. The van der Waals surface area contributed by atoms with Crippen molar-refractivity contribution in [1.82, 2.24) is 15.3 Å². The van der Waals surface area contributed by atoms with E-state index in [9.17, 15) is 4.79 Å². The van der Waals surface area contributed by atoms with Gasteiger partial charge in [0.25, 0.3) is 0 Å². The van der Waals surface area contributed by atoms with E-state index in [1.54, 1.807) is 0 Å². The van der Waals surface area contributed by atoms with E-state index in [-0.39, 0.29) is 11.2 Å². The highest BCUT2D eigenvalue weighted by molar-refractivity contribution is 8.00. The predicted octanol–water partition coefficient (Wildman–Crippen LogP) is 3.99. The van der Waals surface area contributed by atoms with Crippen molar-refractivity contribution >= 4 is 40.1 Å². The number of anilines is 2. The number of amides is 1. The van der Waals surface area contributed by atoms with Crippen LogP contribution < -0.4 is 10.6 Å². The molecule has 0 saturated heterocycles. The number of carbonyl (C=O) groups is 1. The molecular weight excluding hydrogens is 332 g/mol. The Kier molecular flexibility index (Phi) is 5.50. The van der Waals surface area contributed by atoms with Gasteiger partial charge in [-0.15, -0.1) is 0 Å². The van der Waals surface area contributed by atoms with Crippen molar-refractivity contribution < 1.29 is 4.79 Å². The van der Waals surface area contributed by atoms with Gasteiger partial charge in [-0.3, -0.25) is 4.79 Å². The van der Waals surface area contributed by atoms with Gasteiger partial charge in [-0.1, -0.05) is 42.1 Å². The molecule has 0 fully saturated rings. The fourth-order valence-electron chi connectivity index (χ4n) is 2.39. The molecule has 0 bridgehead atoms. The van der Waals surface area contributed by atoms with Gasteiger partial charge in [0.2, 0.25) is 5.91 Å². The minimum absolute atomic E-state index is 0.0122. The summed E-state index contributed by atoms with van der Waals surface area (Å²) >= 11 is 1.36. The fraction of sp³-hybridized carbons (Fsp3) is 0.211. The van der Waals surface area contributed by atoms with Crippen molar-refractivity contribution in [3.8, 4) is 0 Å². The summed E-state index contributed by atoms with van der Waals surface area (Å²) in [5, 5.41) is 7.44. The summed E-state index contributed by atoms with van der Waals surface area (Å²) in [7, 11) is 0. The van der Waals surface area contributed by atoms with Crippen LogP contribution in [0.3, 0.4) is 0 Å². The highest BCUT2D eigenvalue weighted by atomic mass is 32.2. The van der Waals surface area contributed by atoms with E-state index in [2.05, 4.69) is 20.6 Å². The summed E-state index contributed by atoms with van der Waals surface area (Å²) in [5.74, 6) is 0.726. The number of hydrogen-bond donors (Lipinski definition) is 2. The number of rotatable bonds is 6. The highest BCUT2D eigenvalue weighted by Gasteiger charge is 2.17. The molecule has 1 atom stereocenters. The van der Waals surface area contributed by atoms with Gasteiger partial charge in [0, 0.05) is 17.6 Å². The number of carbonyl (C=O) groups excluding carboxylic acids is 1. The van der Waals surface area contributed by atoms with Crippen LogP contribution in [-0.2, 0) is 4.79 Å². The van der Waals surface area contributed by atoms with Gasteiger partial charge in [0.1, 0.15) is 5.82 Å². The summed E-state index contributed by atoms with van der Waals surface area (Å²) in [6.07, 6.45) is 0. The second kappa shape index (κ2) is 7.98. The van der Waals surface area contributed by atoms with Crippen LogP contribution in [0.5, 0.6) is 0 Å². The van der Waals surface area contributed by atoms with Gasteiger partial charge in [0.05, 0.1) is 10.8 Å². The summed E-state index contributed by atoms with van der Waals surface area (Å²) in [4.78, 5) is 21.2. The molecule has 0 radical (unpaired) electrons. The second-order valence-electron chi connectivity index (χ2n) is 5.52. The molecule has 1 amide bonds. The van der Waals surface area contributed by atoms with Gasteiger partial charge in [-0.05, 0) is 38.1 Å². The maximum absolute atomic E-state index is 12.0. The van der Waals surface area contributed by atoms with Crippen LogP contribution in [0.2, 0.25) is 0 Å². The lowest BCUT2D eigenvalue weighted by Crippen LogP contribution is -2.30. The van der Waals surface area contributed by atoms with Gasteiger partial charge in [0.15, 0.2) is 5.16 Å². The third-order valence-electron chi connectivity index (χ3n) is 3.62. The summed E-state index contributed by atoms with van der Waals surface area (Å²) in [5.41, 5.74) is 1.81. The molecule has 0 unspecified atom stereocenters. The monoisotopic (exact) mass is 352 g/mol. The first-order valence-electron chi connectivity index (χ1n) is 8.20. The molecule has 1 aromatic heterocycles. The number of nitrogens with zero attached hydrogens (tertiary/aromatic N) is 2. The lowest BCUT2D eigenvalue weighted by atomic mass is 10.2. The Bertz CT molecular complexity index is 870. The van der Waals surface area contributed by atoms with E-state index in [4.69, 9.17) is 0 Å². The first-order chi connectivity index (χ1) is 12.2. The smallest absolute Gasteiger partial charge is 0.233 e. The Labute approximate surface area is 151 Å². The first kappa shape index (κ1) is 17.2. The van der Waals surface area contributed by atoms with Gasteiger partial charge in [-0.25, -0.2) is 9.97 Å².